The third-order valence-corrected chi connectivity index (χ3v) is 6.93. The highest BCUT2D eigenvalue weighted by Crippen LogP contribution is 2.61. The lowest BCUT2D eigenvalue weighted by Crippen LogP contribution is -2.47. The van der Waals surface area contributed by atoms with Crippen LogP contribution >= 0.6 is 11.6 Å². The molecule has 1 N–H and O–H groups in total. The summed E-state index contributed by atoms with van der Waals surface area (Å²) in [5.74, 6) is 2.37. The Kier molecular flexibility index (Phi) is 4.70. The van der Waals surface area contributed by atoms with Crippen molar-refractivity contribution in [3.05, 3.63) is 38.9 Å². The number of nitro groups is 1. The number of rotatable bonds is 5. The molecule has 0 atom stereocenters. The van der Waals surface area contributed by atoms with Crippen LogP contribution in [0.25, 0.3) is 0 Å². The second-order valence-corrected chi connectivity index (χ2v) is 9.16. The molecule has 4 aliphatic carbocycles. The molecular weight excluding hydrogens is 366 g/mol. The van der Waals surface area contributed by atoms with E-state index < -0.39 is 4.92 Å². The molecule has 0 spiro atoms. The molecule has 0 heterocycles. The molecule has 4 fully saturated rings. The molecule has 6 nitrogen and oxygen atoms in total. The van der Waals surface area contributed by atoms with Crippen molar-refractivity contribution in [2.24, 2.45) is 28.3 Å². The number of nitrogens with zero attached hydrogens (tertiary/aromatic N) is 2. The highest BCUT2D eigenvalue weighted by atomic mass is 35.5. The van der Waals surface area contributed by atoms with E-state index in [1.807, 2.05) is 0 Å². The average molecular weight is 390 g/mol. The molecule has 27 heavy (non-hydrogen) atoms. The largest absolute Gasteiger partial charge is 0.288 e. The first kappa shape index (κ1) is 18.4. The van der Waals surface area contributed by atoms with Gasteiger partial charge in [0, 0.05) is 18.1 Å². The topological polar surface area (TPSA) is 84.6 Å². The Bertz CT molecular complexity index is 785. The standard InChI is InChI=1S/C20H24ClN3O3/c1-12(16-2-3-17(21)18(7-16)24(26)27)22-23-19(25)11-20-8-13-4-14(9-20)6-15(5-13)10-20/h2-3,7,13-15H,4-6,8-11H2,1H3,(H,23,25)/b22-12+. The number of halogens is 1. The molecule has 0 radical (unpaired) electrons. The van der Waals surface area contributed by atoms with E-state index in [1.54, 1.807) is 13.0 Å². The van der Waals surface area contributed by atoms with Crippen LogP contribution in [0.4, 0.5) is 5.69 Å². The zero-order chi connectivity index (χ0) is 19.2. The van der Waals surface area contributed by atoms with Gasteiger partial charge in [0.2, 0.25) is 5.91 Å². The minimum Gasteiger partial charge on any atom is -0.273 e. The maximum Gasteiger partial charge on any atom is 0.288 e. The molecule has 4 bridgehead atoms. The SMILES string of the molecule is C/C(=N\NC(=O)CC12CC3CC(CC(C3)C1)C2)c1ccc(Cl)c([N+](=O)[O-])c1. The normalized spacial score (nSPS) is 31.8. The maximum absolute atomic E-state index is 12.5. The Morgan fingerprint density at radius 3 is 2.41 bits per heavy atom. The first-order chi connectivity index (χ1) is 12.8. The Hall–Kier alpha value is -1.95. The Balaban J connectivity index is 1.41. The van der Waals surface area contributed by atoms with Crippen LogP contribution in [-0.2, 0) is 4.79 Å². The van der Waals surface area contributed by atoms with E-state index in [0.717, 1.165) is 17.8 Å². The highest BCUT2D eigenvalue weighted by molar-refractivity contribution is 6.32. The average Bonchev–Trinajstić information content (AvgIpc) is 2.58. The van der Waals surface area contributed by atoms with Gasteiger partial charge in [-0.25, -0.2) is 5.43 Å². The minimum absolute atomic E-state index is 0.0558. The van der Waals surface area contributed by atoms with E-state index in [4.69, 9.17) is 11.6 Å². The van der Waals surface area contributed by atoms with E-state index >= 15 is 0 Å². The van der Waals surface area contributed by atoms with Crippen LogP contribution in [0.1, 0.15) is 57.4 Å². The fourth-order valence-electron chi connectivity index (χ4n) is 5.98. The van der Waals surface area contributed by atoms with Gasteiger partial charge in [0.15, 0.2) is 0 Å². The van der Waals surface area contributed by atoms with E-state index in [2.05, 4.69) is 10.5 Å². The first-order valence-electron chi connectivity index (χ1n) is 9.61. The van der Waals surface area contributed by atoms with Crippen molar-refractivity contribution in [3.8, 4) is 0 Å². The van der Waals surface area contributed by atoms with Crippen LogP contribution in [0.2, 0.25) is 5.02 Å². The summed E-state index contributed by atoms with van der Waals surface area (Å²) in [6.45, 7) is 1.72. The van der Waals surface area contributed by atoms with Crippen molar-refractivity contribution >= 4 is 28.9 Å². The zero-order valence-corrected chi connectivity index (χ0v) is 16.2. The van der Waals surface area contributed by atoms with E-state index in [0.29, 0.717) is 17.7 Å². The lowest BCUT2D eigenvalue weighted by molar-refractivity contribution is -0.384. The van der Waals surface area contributed by atoms with Crippen molar-refractivity contribution in [1.82, 2.24) is 5.43 Å². The summed E-state index contributed by atoms with van der Waals surface area (Å²) in [5.41, 5.74) is 3.76. The lowest BCUT2D eigenvalue weighted by Gasteiger charge is -2.56. The molecule has 0 aromatic heterocycles. The number of hydrogen-bond donors (Lipinski definition) is 1. The van der Waals surface area contributed by atoms with E-state index in [-0.39, 0.29) is 22.0 Å². The number of hydrazone groups is 1. The second kappa shape index (κ2) is 6.89. The molecular formula is C20H24ClN3O3. The molecule has 1 aromatic carbocycles. The number of nitrogens with one attached hydrogen (secondary N) is 1. The molecule has 4 aliphatic rings. The van der Waals surface area contributed by atoms with Gasteiger partial charge in [-0.1, -0.05) is 17.7 Å². The van der Waals surface area contributed by atoms with Crippen molar-refractivity contribution in [1.29, 1.82) is 0 Å². The van der Waals surface area contributed by atoms with Crippen molar-refractivity contribution in [3.63, 3.8) is 0 Å². The number of amides is 1. The molecule has 7 heteroatoms. The number of hydrogen-bond acceptors (Lipinski definition) is 4. The van der Waals surface area contributed by atoms with Crippen molar-refractivity contribution in [2.75, 3.05) is 0 Å². The number of nitro benzene ring substituents is 1. The third-order valence-electron chi connectivity index (χ3n) is 6.61. The van der Waals surface area contributed by atoms with Crippen molar-refractivity contribution < 1.29 is 9.72 Å². The second-order valence-electron chi connectivity index (χ2n) is 8.75. The maximum atomic E-state index is 12.5. The number of carbonyl (C=O) groups is 1. The molecule has 0 unspecified atom stereocenters. The first-order valence-corrected chi connectivity index (χ1v) is 9.99. The smallest absolute Gasteiger partial charge is 0.273 e. The van der Waals surface area contributed by atoms with Crippen LogP contribution in [0.3, 0.4) is 0 Å². The van der Waals surface area contributed by atoms with Gasteiger partial charge >= 0.3 is 0 Å². The molecule has 4 saturated carbocycles. The molecule has 5 rings (SSSR count). The predicted molar refractivity (Wildman–Crippen MR) is 104 cm³/mol. The summed E-state index contributed by atoms with van der Waals surface area (Å²) >= 11 is 5.84. The number of benzene rings is 1. The van der Waals surface area contributed by atoms with Gasteiger partial charge in [-0.2, -0.15) is 5.10 Å². The van der Waals surface area contributed by atoms with Gasteiger partial charge in [-0.05, 0) is 74.7 Å². The predicted octanol–water partition coefficient (Wildman–Crippen LogP) is 4.69. The van der Waals surface area contributed by atoms with Gasteiger partial charge in [0.1, 0.15) is 5.02 Å². The fraction of sp³-hybridized carbons (Fsp3) is 0.600. The minimum atomic E-state index is -0.523. The zero-order valence-electron chi connectivity index (χ0n) is 15.4. The molecule has 1 aromatic rings. The van der Waals surface area contributed by atoms with E-state index in [1.165, 1.54) is 50.7 Å². The Labute approximate surface area is 163 Å². The Morgan fingerprint density at radius 2 is 1.85 bits per heavy atom. The van der Waals surface area contributed by atoms with Crippen LogP contribution in [-0.4, -0.2) is 16.5 Å². The quantitative estimate of drug-likeness (QED) is 0.450. The molecule has 0 aliphatic heterocycles. The summed E-state index contributed by atoms with van der Waals surface area (Å²) in [6.07, 6.45) is 8.14. The van der Waals surface area contributed by atoms with Crippen LogP contribution in [0.15, 0.2) is 23.3 Å². The Morgan fingerprint density at radius 1 is 1.26 bits per heavy atom. The van der Waals surface area contributed by atoms with Gasteiger partial charge < -0.3 is 0 Å². The fourth-order valence-corrected chi connectivity index (χ4v) is 6.16. The summed E-state index contributed by atoms with van der Waals surface area (Å²) in [6, 6.07) is 4.52. The monoisotopic (exact) mass is 389 g/mol. The van der Waals surface area contributed by atoms with Gasteiger partial charge in [-0.15, -0.1) is 0 Å². The van der Waals surface area contributed by atoms with Crippen LogP contribution in [0, 0.1) is 33.3 Å². The number of carbonyl (C=O) groups excluding carboxylic acids is 1. The summed E-state index contributed by atoms with van der Waals surface area (Å²) in [4.78, 5) is 23.0. The molecule has 0 saturated heterocycles. The molecule has 1 amide bonds. The lowest BCUT2D eigenvalue weighted by atomic mass is 9.49. The van der Waals surface area contributed by atoms with Gasteiger partial charge in [0.05, 0.1) is 10.6 Å². The van der Waals surface area contributed by atoms with Crippen molar-refractivity contribution in [2.45, 2.75) is 51.9 Å². The van der Waals surface area contributed by atoms with Gasteiger partial charge in [-0.3, -0.25) is 14.9 Å². The van der Waals surface area contributed by atoms with Crippen LogP contribution in [0.5, 0.6) is 0 Å². The third kappa shape index (κ3) is 3.72. The summed E-state index contributed by atoms with van der Waals surface area (Å²) in [5, 5.41) is 15.3. The summed E-state index contributed by atoms with van der Waals surface area (Å²) in [7, 11) is 0. The van der Waals surface area contributed by atoms with Crippen LogP contribution < -0.4 is 5.43 Å². The van der Waals surface area contributed by atoms with Gasteiger partial charge in [0.25, 0.3) is 5.69 Å². The highest BCUT2D eigenvalue weighted by Gasteiger charge is 2.51. The molecule has 144 valence electrons. The summed E-state index contributed by atoms with van der Waals surface area (Å²) < 4.78 is 0. The van der Waals surface area contributed by atoms with E-state index in [9.17, 15) is 14.9 Å².